The van der Waals surface area contributed by atoms with Gasteiger partial charge in [0.25, 0.3) is 0 Å². The van der Waals surface area contributed by atoms with Gasteiger partial charge in [0.15, 0.2) is 0 Å². The lowest BCUT2D eigenvalue weighted by atomic mass is 10.1. The smallest absolute Gasteiger partial charge is 0.119 e. The summed E-state index contributed by atoms with van der Waals surface area (Å²) in [7, 11) is 0. The van der Waals surface area contributed by atoms with Crippen molar-refractivity contribution in [3.63, 3.8) is 0 Å². The molecule has 0 N–H and O–H groups in total. The maximum Gasteiger partial charge on any atom is 0.119 e. The van der Waals surface area contributed by atoms with Crippen LogP contribution in [0.5, 0.6) is 5.75 Å². The van der Waals surface area contributed by atoms with Crippen LogP contribution in [0.25, 0.3) is 0 Å². The summed E-state index contributed by atoms with van der Waals surface area (Å²) in [5.74, 6) is 0.950. The summed E-state index contributed by atoms with van der Waals surface area (Å²) in [5, 5.41) is 0. The molecule has 1 heterocycles. The second-order valence-corrected chi connectivity index (χ2v) is 4.30. The van der Waals surface area contributed by atoms with E-state index < -0.39 is 0 Å². The summed E-state index contributed by atoms with van der Waals surface area (Å²) in [4.78, 5) is 0. The van der Waals surface area contributed by atoms with Crippen molar-refractivity contribution >= 4 is 0 Å². The van der Waals surface area contributed by atoms with E-state index >= 15 is 0 Å². The molecule has 1 aromatic rings. The van der Waals surface area contributed by atoms with Crippen molar-refractivity contribution in [3.8, 4) is 5.75 Å². The van der Waals surface area contributed by atoms with Gasteiger partial charge in [-0.2, -0.15) is 0 Å². The van der Waals surface area contributed by atoms with Crippen molar-refractivity contribution in [3.05, 3.63) is 29.8 Å². The molecule has 0 aromatic heterocycles. The quantitative estimate of drug-likeness (QED) is 0.775. The van der Waals surface area contributed by atoms with Crippen LogP contribution in [0.1, 0.15) is 31.7 Å². The van der Waals surface area contributed by atoms with Gasteiger partial charge in [-0.05, 0) is 43.4 Å². The molecule has 1 fully saturated rings. The highest BCUT2D eigenvalue weighted by atomic mass is 16.5. The van der Waals surface area contributed by atoms with Crippen LogP contribution in [0, 0.1) is 0 Å². The van der Waals surface area contributed by atoms with Crippen molar-refractivity contribution in [2.45, 2.75) is 38.7 Å². The third kappa shape index (κ3) is 3.24. The Morgan fingerprint density at radius 2 is 2.06 bits per heavy atom. The van der Waals surface area contributed by atoms with Crippen LogP contribution in [-0.4, -0.2) is 19.3 Å². The maximum atomic E-state index is 5.72. The van der Waals surface area contributed by atoms with Gasteiger partial charge in [-0.3, -0.25) is 0 Å². The zero-order chi connectivity index (χ0) is 11.2. The Labute approximate surface area is 97.6 Å². The van der Waals surface area contributed by atoms with Crippen LogP contribution in [-0.2, 0) is 11.2 Å². The number of rotatable bonds is 4. The summed E-state index contributed by atoms with van der Waals surface area (Å²) in [5.41, 5.74) is 1.35. The number of aryl methyl sites for hydroxylation is 1. The summed E-state index contributed by atoms with van der Waals surface area (Å²) in [6, 6.07) is 8.33. The molecule has 2 nitrogen and oxygen atoms in total. The average molecular weight is 220 g/mol. The Morgan fingerprint density at radius 1 is 1.25 bits per heavy atom. The lowest BCUT2D eigenvalue weighted by Gasteiger charge is -2.22. The van der Waals surface area contributed by atoms with E-state index in [4.69, 9.17) is 9.47 Å². The third-order valence-electron chi connectivity index (χ3n) is 3.04. The maximum absolute atomic E-state index is 5.72. The van der Waals surface area contributed by atoms with E-state index in [0.717, 1.165) is 25.2 Å². The van der Waals surface area contributed by atoms with E-state index in [2.05, 4.69) is 19.1 Å². The van der Waals surface area contributed by atoms with Gasteiger partial charge in [0.2, 0.25) is 0 Å². The first kappa shape index (κ1) is 11.5. The highest BCUT2D eigenvalue weighted by Gasteiger charge is 2.14. The standard InChI is InChI=1S/C14H20O2/c1-2-12-6-8-13(9-7-12)16-11-14-5-3-4-10-15-14/h6-9,14H,2-5,10-11H2,1H3. The molecule has 2 rings (SSSR count). The number of ether oxygens (including phenoxy) is 2. The zero-order valence-electron chi connectivity index (χ0n) is 9.95. The minimum atomic E-state index is 0.291. The molecule has 88 valence electrons. The second-order valence-electron chi connectivity index (χ2n) is 4.30. The molecule has 0 radical (unpaired) electrons. The van der Waals surface area contributed by atoms with Crippen LogP contribution < -0.4 is 4.74 Å². The first-order valence-electron chi connectivity index (χ1n) is 6.22. The van der Waals surface area contributed by atoms with E-state index in [1.54, 1.807) is 0 Å². The predicted molar refractivity (Wildman–Crippen MR) is 64.9 cm³/mol. The van der Waals surface area contributed by atoms with Gasteiger partial charge in [-0.1, -0.05) is 19.1 Å². The Bertz CT molecular complexity index is 299. The summed E-state index contributed by atoms with van der Waals surface area (Å²) >= 11 is 0. The summed E-state index contributed by atoms with van der Waals surface area (Å²) in [6.07, 6.45) is 4.96. The topological polar surface area (TPSA) is 18.5 Å². The van der Waals surface area contributed by atoms with Crippen molar-refractivity contribution in [1.82, 2.24) is 0 Å². The normalized spacial score (nSPS) is 20.7. The average Bonchev–Trinajstić information content (AvgIpc) is 2.38. The summed E-state index contributed by atoms with van der Waals surface area (Å²) in [6.45, 7) is 3.74. The molecular weight excluding hydrogens is 200 g/mol. The Hall–Kier alpha value is -1.02. The van der Waals surface area contributed by atoms with Crippen molar-refractivity contribution in [2.75, 3.05) is 13.2 Å². The Morgan fingerprint density at radius 3 is 2.69 bits per heavy atom. The number of benzene rings is 1. The van der Waals surface area contributed by atoms with Gasteiger partial charge >= 0.3 is 0 Å². The first-order chi connectivity index (χ1) is 7.88. The van der Waals surface area contributed by atoms with Crippen molar-refractivity contribution in [1.29, 1.82) is 0 Å². The molecule has 0 aliphatic carbocycles. The molecule has 2 heteroatoms. The molecular formula is C14H20O2. The zero-order valence-corrected chi connectivity index (χ0v) is 9.95. The van der Waals surface area contributed by atoms with Crippen LogP contribution >= 0.6 is 0 Å². The molecule has 0 saturated carbocycles. The SMILES string of the molecule is CCc1ccc(OCC2CCCCO2)cc1. The molecule has 1 aliphatic rings. The molecule has 16 heavy (non-hydrogen) atoms. The van der Waals surface area contributed by atoms with Gasteiger partial charge in [0.1, 0.15) is 12.4 Å². The van der Waals surface area contributed by atoms with Crippen LogP contribution in [0.2, 0.25) is 0 Å². The fourth-order valence-corrected chi connectivity index (χ4v) is 1.95. The van der Waals surface area contributed by atoms with E-state index in [0.29, 0.717) is 12.7 Å². The fraction of sp³-hybridized carbons (Fsp3) is 0.571. The van der Waals surface area contributed by atoms with Crippen LogP contribution in [0.4, 0.5) is 0 Å². The van der Waals surface area contributed by atoms with Gasteiger partial charge < -0.3 is 9.47 Å². The first-order valence-corrected chi connectivity index (χ1v) is 6.22. The second kappa shape index (κ2) is 5.90. The molecule has 1 saturated heterocycles. The number of hydrogen-bond acceptors (Lipinski definition) is 2. The van der Waals surface area contributed by atoms with Crippen molar-refractivity contribution < 1.29 is 9.47 Å². The van der Waals surface area contributed by atoms with Crippen molar-refractivity contribution in [2.24, 2.45) is 0 Å². The van der Waals surface area contributed by atoms with Gasteiger partial charge in [0, 0.05) is 6.61 Å². The lowest BCUT2D eigenvalue weighted by molar-refractivity contribution is -0.0110. The Balaban J connectivity index is 1.79. The highest BCUT2D eigenvalue weighted by Crippen LogP contribution is 2.16. The van der Waals surface area contributed by atoms with E-state index in [9.17, 15) is 0 Å². The monoisotopic (exact) mass is 220 g/mol. The number of hydrogen-bond donors (Lipinski definition) is 0. The van der Waals surface area contributed by atoms with Crippen LogP contribution in [0.3, 0.4) is 0 Å². The van der Waals surface area contributed by atoms with Gasteiger partial charge in [-0.15, -0.1) is 0 Å². The molecule has 1 aliphatic heterocycles. The largest absolute Gasteiger partial charge is 0.491 e. The van der Waals surface area contributed by atoms with E-state index in [-0.39, 0.29) is 0 Å². The van der Waals surface area contributed by atoms with E-state index in [1.165, 1.54) is 18.4 Å². The molecule has 0 bridgehead atoms. The minimum absolute atomic E-state index is 0.291. The highest BCUT2D eigenvalue weighted by molar-refractivity contribution is 5.27. The molecule has 1 aromatic carbocycles. The minimum Gasteiger partial charge on any atom is -0.491 e. The summed E-state index contributed by atoms with van der Waals surface area (Å²) < 4.78 is 11.3. The molecule has 1 unspecified atom stereocenters. The lowest BCUT2D eigenvalue weighted by Crippen LogP contribution is -2.25. The van der Waals surface area contributed by atoms with Gasteiger partial charge in [0.05, 0.1) is 6.10 Å². The molecule has 1 atom stereocenters. The fourth-order valence-electron chi connectivity index (χ4n) is 1.95. The van der Waals surface area contributed by atoms with E-state index in [1.807, 2.05) is 12.1 Å². The predicted octanol–water partition coefficient (Wildman–Crippen LogP) is 3.20. The third-order valence-corrected chi connectivity index (χ3v) is 3.04. The Kier molecular flexibility index (Phi) is 4.23. The van der Waals surface area contributed by atoms with Gasteiger partial charge in [-0.25, -0.2) is 0 Å². The molecule has 0 spiro atoms. The molecule has 0 amide bonds. The van der Waals surface area contributed by atoms with Crippen LogP contribution in [0.15, 0.2) is 24.3 Å².